The molecular weight excluding hydrogens is 286 g/mol. The summed E-state index contributed by atoms with van der Waals surface area (Å²) in [5.41, 5.74) is 0. The number of nitrogens with one attached hydrogen (secondary N) is 1. The maximum atomic E-state index is 12.3. The second-order valence-electron chi connectivity index (χ2n) is 3.81. The monoisotopic (exact) mass is 303 g/mol. The summed E-state index contributed by atoms with van der Waals surface area (Å²) in [4.78, 5) is 0.881. The third kappa shape index (κ3) is 3.68. The number of benzene rings is 1. The van der Waals surface area contributed by atoms with E-state index in [1.807, 2.05) is 31.2 Å². The Hall–Kier alpha value is -0.190. The summed E-state index contributed by atoms with van der Waals surface area (Å²) in [5.74, 6) is 0. The molecule has 2 nitrogen and oxygen atoms in total. The van der Waals surface area contributed by atoms with Crippen LogP contribution in [-0.4, -0.2) is 22.0 Å². The highest BCUT2D eigenvalue weighted by atomic mass is 79.9. The van der Waals surface area contributed by atoms with Gasteiger partial charge in [-0.15, -0.1) is 0 Å². The van der Waals surface area contributed by atoms with Gasteiger partial charge in [-0.25, -0.2) is 0 Å². The summed E-state index contributed by atoms with van der Waals surface area (Å²) >= 11 is 3.40. The lowest BCUT2D eigenvalue weighted by atomic mass is 10.2. The Morgan fingerprint density at radius 2 is 2.12 bits per heavy atom. The molecule has 0 aliphatic heterocycles. The van der Waals surface area contributed by atoms with E-state index in [9.17, 15) is 4.21 Å². The van der Waals surface area contributed by atoms with Crippen LogP contribution in [0.1, 0.15) is 20.8 Å². The van der Waals surface area contributed by atoms with Crippen molar-refractivity contribution in [3.05, 3.63) is 28.7 Å². The van der Waals surface area contributed by atoms with Crippen molar-refractivity contribution in [3.8, 4) is 0 Å². The van der Waals surface area contributed by atoms with E-state index in [4.69, 9.17) is 0 Å². The number of hydrogen-bond acceptors (Lipinski definition) is 2. The van der Waals surface area contributed by atoms with Crippen LogP contribution in [0.25, 0.3) is 0 Å². The summed E-state index contributed by atoms with van der Waals surface area (Å²) in [5, 5.41) is 3.41. The van der Waals surface area contributed by atoms with Gasteiger partial charge in [0, 0.05) is 15.4 Å². The van der Waals surface area contributed by atoms with Crippen LogP contribution in [0, 0.1) is 0 Å². The first-order valence-electron chi connectivity index (χ1n) is 5.45. The highest BCUT2D eigenvalue weighted by Gasteiger charge is 2.19. The minimum atomic E-state index is -0.963. The van der Waals surface area contributed by atoms with Crippen molar-refractivity contribution in [2.45, 2.75) is 37.0 Å². The lowest BCUT2D eigenvalue weighted by Crippen LogP contribution is -2.37. The molecule has 16 heavy (non-hydrogen) atoms. The van der Waals surface area contributed by atoms with E-state index >= 15 is 0 Å². The van der Waals surface area contributed by atoms with E-state index in [0.29, 0.717) is 0 Å². The van der Waals surface area contributed by atoms with Gasteiger partial charge in [-0.3, -0.25) is 4.21 Å². The second kappa shape index (κ2) is 6.52. The van der Waals surface area contributed by atoms with Crippen molar-refractivity contribution in [1.82, 2.24) is 5.32 Å². The van der Waals surface area contributed by atoms with Gasteiger partial charge >= 0.3 is 0 Å². The van der Waals surface area contributed by atoms with Crippen LogP contribution in [0.5, 0.6) is 0 Å². The highest BCUT2D eigenvalue weighted by molar-refractivity contribution is 9.10. The van der Waals surface area contributed by atoms with Crippen LogP contribution in [0.2, 0.25) is 0 Å². The van der Waals surface area contributed by atoms with E-state index in [1.165, 1.54) is 0 Å². The third-order valence-electron chi connectivity index (χ3n) is 2.60. The van der Waals surface area contributed by atoms with E-state index in [0.717, 1.165) is 15.9 Å². The van der Waals surface area contributed by atoms with Crippen LogP contribution < -0.4 is 5.32 Å². The molecule has 1 aromatic rings. The zero-order valence-corrected chi connectivity index (χ0v) is 12.3. The van der Waals surface area contributed by atoms with Gasteiger partial charge in [0.1, 0.15) is 0 Å². The fourth-order valence-electron chi connectivity index (χ4n) is 1.48. The van der Waals surface area contributed by atoms with Gasteiger partial charge in [0.25, 0.3) is 0 Å². The highest BCUT2D eigenvalue weighted by Crippen LogP contribution is 2.18. The minimum Gasteiger partial charge on any atom is -0.313 e. The lowest BCUT2D eigenvalue weighted by molar-refractivity contribution is 0.550. The molecule has 0 radical (unpaired) electrons. The molecule has 3 atom stereocenters. The molecule has 0 bridgehead atoms. The summed E-state index contributed by atoms with van der Waals surface area (Å²) in [6.07, 6.45) is 0. The molecular formula is C12H18BrNOS. The third-order valence-corrected chi connectivity index (χ3v) is 4.89. The van der Waals surface area contributed by atoms with E-state index in [-0.39, 0.29) is 11.3 Å². The van der Waals surface area contributed by atoms with Crippen molar-refractivity contribution in [1.29, 1.82) is 0 Å². The molecule has 4 heteroatoms. The van der Waals surface area contributed by atoms with Crippen LogP contribution in [-0.2, 0) is 10.8 Å². The van der Waals surface area contributed by atoms with Gasteiger partial charge in [0.15, 0.2) is 0 Å². The first kappa shape index (κ1) is 13.9. The SMILES string of the molecule is CCNC(C)C(C)S(=O)c1cccc(Br)c1. The molecule has 0 saturated heterocycles. The van der Waals surface area contributed by atoms with Gasteiger partial charge in [0.2, 0.25) is 0 Å². The van der Waals surface area contributed by atoms with Gasteiger partial charge < -0.3 is 5.32 Å². The topological polar surface area (TPSA) is 29.1 Å². The predicted octanol–water partition coefficient (Wildman–Crippen LogP) is 2.94. The van der Waals surface area contributed by atoms with Crippen LogP contribution in [0.15, 0.2) is 33.6 Å². The first-order valence-corrected chi connectivity index (χ1v) is 7.46. The first-order chi connectivity index (χ1) is 7.56. The number of halogens is 1. The average molecular weight is 304 g/mol. The van der Waals surface area contributed by atoms with E-state index in [2.05, 4.69) is 35.1 Å². The molecule has 3 unspecified atom stereocenters. The Kier molecular flexibility index (Phi) is 5.66. The van der Waals surface area contributed by atoms with Crippen LogP contribution >= 0.6 is 15.9 Å². The molecule has 1 aromatic carbocycles. The van der Waals surface area contributed by atoms with Crippen molar-refractivity contribution in [2.75, 3.05) is 6.54 Å². The molecule has 0 aliphatic carbocycles. The minimum absolute atomic E-state index is 0.106. The summed E-state index contributed by atoms with van der Waals surface area (Å²) in [6.45, 7) is 7.06. The molecule has 0 heterocycles. The molecule has 0 fully saturated rings. The molecule has 0 aromatic heterocycles. The molecule has 90 valence electrons. The van der Waals surface area contributed by atoms with Gasteiger partial charge in [-0.2, -0.15) is 0 Å². The summed E-state index contributed by atoms with van der Waals surface area (Å²) in [6, 6.07) is 7.95. The van der Waals surface area contributed by atoms with E-state index in [1.54, 1.807) is 0 Å². The van der Waals surface area contributed by atoms with Crippen molar-refractivity contribution < 1.29 is 4.21 Å². The van der Waals surface area contributed by atoms with E-state index < -0.39 is 10.8 Å². The average Bonchev–Trinajstić information content (AvgIpc) is 2.27. The number of hydrogen-bond donors (Lipinski definition) is 1. The zero-order chi connectivity index (χ0) is 12.1. The summed E-state index contributed by atoms with van der Waals surface area (Å²) in [7, 11) is -0.963. The fraction of sp³-hybridized carbons (Fsp3) is 0.500. The smallest absolute Gasteiger partial charge is 0.0574 e. The summed E-state index contributed by atoms with van der Waals surface area (Å²) < 4.78 is 13.2. The Morgan fingerprint density at radius 3 is 2.69 bits per heavy atom. The fourth-order valence-corrected chi connectivity index (χ4v) is 3.38. The molecule has 0 amide bonds. The quantitative estimate of drug-likeness (QED) is 0.906. The Balaban J connectivity index is 2.77. The maximum absolute atomic E-state index is 12.3. The Labute approximate surface area is 108 Å². The normalized spacial score (nSPS) is 16.8. The standard InChI is InChI=1S/C12H18BrNOS/c1-4-14-9(2)10(3)16(15)12-7-5-6-11(13)8-12/h5-10,14H,4H2,1-3H3. The van der Waals surface area contributed by atoms with Gasteiger partial charge in [-0.1, -0.05) is 28.9 Å². The van der Waals surface area contributed by atoms with Crippen molar-refractivity contribution >= 4 is 26.7 Å². The zero-order valence-electron chi connectivity index (χ0n) is 9.87. The molecule has 1 rings (SSSR count). The van der Waals surface area contributed by atoms with Crippen molar-refractivity contribution in [3.63, 3.8) is 0 Å². The largest absolute Gasteiger partial charge is 0.313 e. The van der Waals surface area contributed by atoms with Crippen LogP contribution in [0.4, 0.5) is 0 Å². The van der Waals surface area contributed by atoms with Crippen LogP contribution in [0.3, 0.4) is 0 Å². The van der Waals surface area contributed by atoms with Gasteiger partial charge in [-0.05, 0) is 38.6 Å². The maximum Gasteiger partial charge on any atom is 0.0574 e. The Morgan fingerprint density at radius 1 is 1.44 bits per heavy atom. The molecule has 0 spiro atoms. The molecule has 0 aliphatic rings. The van der Waals surface area contributed by atoms with Crippen molar-refractivity contribution in [2.24, 2.45) is 0 Å². The molecule has 0 saturated carbocycles. The van der Waals surface area contributed by atoms with Gasteiger partial charge in [0.05, 0.1) is 16.0 Å². The predicted molar refractivity (Wildman–Crippen MR) is 73.2 cm³/mol. The lowest BCUT2D eigenvalue weighted by Gasteiger charge is -2.20. The molecule has 1 N–H and O–H groups in total. The Bertz CT molecular complexity index is 370. The second-order valence-corrected chi connectivity index (χ2v) is 6.53. The number of rotatable bonds is 5.